The monoisotopic (exact) mass is 229 g/mol. The number of alkyl halides is 3. The van der Waals surface area contributed by atoms with Crippen LogP contribution in [0.1, 0.15) is 19.8 Å². The van der Waals surface area contributed by atoms with Crippen molar-refractivity contribution in [3.8, 4) is 0 Å². The van der Waals surface area contributed by atoms with Crippen LogP contribution in [-0.4, -0.2) is 37.0 Å². The van der Waals surface area contributed by atoms with Crippen molar-refractivity contribution in [2.24, 2.45) is 5.92 Å². The molecule has 0 aromatic rings. The van der Waals surface area contributed by atoms with Gasteiger partial charge in [-0.2, -0.15) is 25.8 Å². The van der Waals surface area contributed by atoms with E-state index in [4.69, 9.17) is 0 Å². The maximum Gasteiger partial charge on any atom is 0.401 e. The molecular weight excluding hydrogens is 211 g/mol. The summed E-state index contributed by atoms with van der Waals surface area (Å²) in [6, 6.07) is 0. The second-order valence-corrected chi connectivity index (χ2v) is 4.01. The summed E-state index contributed by atoms with van der Waals surface area (Å²) in [6.07, 6.45) is -2.17. The van der Waals surface area contributed by atoms with Crippen LogP contribution in [0.15, 0.2) is 0 Å². The van der Waals surface area contributed by atoms with Crippen LogP contribution in [0.2, 0.25) is 0 Å². The van der Waals surface area contributed by atoms with Crippen molar-refractivity contribution in [2.45, 2.75) is 25.9 Å². The van der Waals surface area contributed by atoms with Crippen molar-refractivity contribution in [1.82, 2.24) is 4.90 Å². The highest BCUT2D eigenvalue weighted by atomic mass is 32.1. The zero-order chi connectivity index (χ0) is 11.2. The summed E-state index contributed by atoms with van der Waals surface area (Å²) in [6.45, 7) is 1.66. The molecule has 0 saturated heterocycles. The van der Waals surface area contributed by atoms with Crippen LogP contribution in [-0.2, 0) is 0 Å². The molecule has 0 rings (SSSR count). The second kappa shape index (κ2) is 6.56. The van der Waals surface area contributed by atoms with E-state index in [1.54, 1.807) is 0 Å². The van der Waals surface area contributed by atoms with Gasteiger partial charge in [0.1, 0.15) is 0 Å². The Labute approximate surface area is 89.1 Å². The molecule has 5 heteroatoms. The predicted molar refractivity (Wildman–Crippen MR) is 55.8 cm³/mol. The molecule has 1 nitrogen and oxygen atoms in total. The van der Waals surface area contributed by atoms with Gasteiger partial charge >= 0.3 is 6.18 Å². The molecule has 0 aliphatic rings. The average Bonchev–Trinajstić information content (AvgIpc) is 2.00. The largest absolute Gasteiger partial charge is 0.401 e. The molecule has 0 saturated carbocycles. The molecule has 0 heterocycles. The molecule has 0 aromatic heterocycles. The van der Waals surface area contributed by atoms with Crippen molar-refractivity contribution in [3.05, 3.63) is 0 Å². The highest BCUT2D eigenvalue weighted by Crippen LogP contribution is 2.17. The van der Waals surface area contributed by atoms with E-state index < -0.39 is 12.7 Å². The molecule has 1 unspecified atom stereocenters. The third-order valence-corrected chi connectivity index (χ3v) is 2.49. The van der Waals surface area contributed by atoms with Crippen LogP contribution in [0, 0.1) is 5.92 Å². The molecule has 0 aromatic carbocycles. The summed E-state index contributed by atoms with van der Waals surface area (Å²) < 4.78 is 36.0. The summed E-state index contributed by atoms with van der Waals surface area (Å²) in [4.78, 5) is 1.32. The molecule has 0 radical (unpaired) electrons. The number of rotatable bonds is 6. The Balaban J connectivity index is 3.84. The van der Waals surface area contributed by atoms with Gasteiger partial charge in [-0.15, -0.1) is 0 Å². The minimum Gasteiger partial charge on any atom is -0.298 e. The first-order valence-corrected chi connectivity index (χ1v) is 5.38. The van der Waals surface area contributed by atoms with Crippen molar-refractivity contribution < 1.29 is 13.2 Å². The fourth-order valence-corrected chi connectivity index (χ4v) is 1.76. The van der Waals surface area contributed by atoms with Crippen LogP contribution in [0.5, 0.6) is 0 Å². The van der Waals surface area contributed by atoms with E-state index in [2.05, 4.69) is 12.6 Å². The van der Waals surface area contributed by atoms with Gasteiger partial charge in [-0.1, -0.05) is 13.3 Å². The Morgan fingerprint density at radius 1 is 1.36 bits per heavy atom. The lowest BCUT2D eigenvalue weighted by Crippen LogP contribution is -2.35. The smallest absolute Gasteiger partial charge is 0.298 e. The molecule has 0 aliphatic carbocycles. The van der Waals surface area contributed by atoms with Crippen molar-refractivity contribution in [3.63, 3.8) is 0 Å². The number of nitrogens with zero attached hydrogens (tertiary/aromatic N) is 1. The summed E-state index contributed by atoms with van der Waals surface area (Å²) in [5.74, 6) is 0.909. The molecular formula is C9H18F3NS. The van der Waals surface area contributed by atoms with Gasteiger partial charge in [0.25, 0.3) is 0 Å². The second-order valence-electron chi connectivity index (χ2n) is 3.65. The van der Waals surface area contributed by atoms with E-state index in [-0.39, 0.29) is 5.92 Å². The fraction of sp³-hybridized carbons (Fsp3) is 1.00. The number of thiol groups is 1. The SMILES string of the molecule is CCCC(CS)CN(C)CC(F)(F)F. The van der Waals surface area contributed by atoms with Gasteiger partial charge in [0.2, 0.25) is 0 Å². The van der Waals surface area contributed by atoms with E-state index in [1.807, 2.05) is 6.92 Å². The summed E-state index contributed by atoms with van der Waals surface area (Å²) >= 11 is 4.13. The lowest BCUT2D eigenvalue weighted by Gasteiger charge is -2.23. The molecule has 0 N–H and O–H groups in total. The number of hydrogen-bond donors (Lipinski definition) is 1. The fourth-order valence-electron chi connectivity index (χ4n) is 1.46. The van der Waals surface area contributed by atoms with Crippen molar-refractivity contribution >= 4 is 12.6 Å². The van der Waals surface area contributed by atoms with Gasteiger partial charge in [-0.05, 0) is 25.1 Å². The van der Waals surface area contributed by atoms with Crippen molar-refractivity contribution in [1.29, 1.82) is 0 Å². The Hall–Kier alpha value is 0.100. The molecule has 0 fully saturated rings. The standard InChI is InChI=1S/C9H18F3NS/c1-3-4-8(6-14)5-13(2)7-9(10,11)12/h8,14H,3-7H2,1-2H3. The molecule has 0 aliphatic heterocycles. The van der Waals surface area contributed by atoms with E-state index in [0.717, 1.165) is 12.8 Å². The zero-order valence-corrected chi connectivity index (χ0v) is 9.54. The molecule has 0 spiro atoms. The van der Waals surface area contributed by atoms with Crippen LogP contribution in [0.4, 0.5) is 13.2 Å². The zero-order valence-electron chi connectivity index (χ0n) is 8.64. The van der Waals surface area contributed by atoms with Crippen LogP contribution in [0.25, 0.3) is 0 Å². The van der Waals surface area contributed by atoms with Gasteiger partial charge in [0.15, 0.2) is 0 Å². The average molecular weight is 229 g/mol. The third kappa shape index (κ3) is 7.50. The van der Waals surface area contributed by atoms with Crippen LogP contribution >= 0.6 is 12.6 Å². The van der Waals surface area contributed by atoms with Gasteiger partial charge in [-0.3, -0.25) is 4.90 Å². The summed E-state index contributed by atoms with van der Waals surface area (Å²) in [5.41, 5.74) is 0. The topological polar surface area (TPSA) is 3.24 Å². The molecule has 1 atom stereocenters. The maximum atomic E-state index is 12.0. The minimum atomic E-state index is -4.10. The molecule has 86 valence electrons. The Kier molecular flexibility index (Phi) is 6.61. The van der Waals surface area contributed by atoms with Gasteiger partial charge < -0.3 is 0 Å². The van der Waals surface area contributed by atoms with Gasteiger partial charge in [0.05, 0.1) is 6.54 Å². The first-order chi connectivity index (χ1) is 6.39. The quantitative estimate of drug-likeness (QED) is 0.685. The Bertz CT molecular complexity index is 149. The molecule has 0 amide bonds. The van der Waals surface area contributed by atoms with Crippen LogP contribution < -0.4 is 0 Å². The third-order valence-electron chi connectivity index (χ3n) is 1.97. The lowest BCUT2D eigenvalue weighted by atomic mass is 10.1. The minimum absolute atomic E-state index is 0.260. The summed E-state index contributed by atoms with van der Waals surface area (Å²) in [7, 11) is 1.50. The molecule has 0 bridgehead atoms. The highest BCUT2D eigenvalue weighted by Gasteiger charge is 2.29. The van der Waals surface area contributed by atoms with E-state index in [9.17, 15) is 13.2 Å². The van der Waals surface area contributed by atoms with Crippen molar-refractivity contribution in [2.75, 3.05) is 25.9 Å². The van der Waals surface area contributed by atoms with E-state index in [1.165, 1.54) is 11.9 Å². The predicted octanol–water partition coefficient (Wildman–Crippen LogP) is 2.83. The van der Waals surface area contributed by atoms with E-state index in [0.29, 0.717) is 12.3 Å². The van der Waals surface area contributed by atoms with Gasteiger partial charge in [-0.25, -0.2) is 0 Å². The highest BCUT2D eigenvalue weighted by molar-refractivity contribution is 7.80. The number of halogens is 3. The first-order valence-electron chi connectivity index (χ1n) is 4.75. The molecule has 14 heavy (non-hydrogen) atoms. The van der Waals surface area contributed by atoms with Crippen LogP contribution in [0.3, 0.4) is 0 Å². The Morgan fingerprint density at radius 2 is 1.93 bits per heavy atom. The lowest BCUT2D eigenvalue weighted by molar-refractivity contribution is -0.143. The summed E-state index contributed by atoms with van der Waals surface area (Å²) in [5, 5.41) is 0. The van der Waals surface area contributed by atoms with Gasteiger partial charge in [0, 0.05) is 6.54 Å². The number of hydrogen-bond acceptors (Lipinski definition) is 2. The Morgan fingerprint density at radius 3 is 2.29 bits per heavy atom. The van der Waals surface area contributed by atoms with E-state index >= 15 is 0 Å². The first kappa shape index (κ1) is 14.1. The normalized spacial score (nSPS) is 14.8. The maximum absolute atomic E-state index is 12.0.